The van der Waals surface area contributed by atoms with Crippen LogP contribution in [0.1, 0.15) is 31.2 Å². The van der Waals surface area contributed by atoms with E-state index < -0.39 is 31.7 Å². The molecule has 1 aliphatic heterocycles. The second kappa shape index (κ2) is 14.0. The van der Waals surface area contributed by atoms with Crippen molar-refractivity contribution in [1.82, 2.24) is 0 Å². The van der Waals surface area contributed by atoms with E-state index in [-0.39, 0.29) is 12.8 Å². The quantitative estimate of drug-likeness (QED) is 0.0946. The Morgan fingerprint density at radius 3 is 2.31 bits per heavy atom. The van der Waals surface area contributed by atoms with Crippen molar-refractivity contribution in [2.75, 3.05) is 37.2 Å². The Kier molecular flexibility index (Phi) is 10.1. The zero-order valence-electron chi connectivity index (χ0n) is 26.4. The summed E-state index contributed by atoms with van der Waals surface area (Å²) in [4.78, 5) is 3.06. The maximum Gasteiger partial charge on any atom is 0.263 e. The normalized spacial score (nSPS) is 14.9. The third-order valence-electron chi connectivity index (χ3n) is 8.10. The van der Waals surface area contributed by atoms with Crippen molar-refractivity contribution in [3.63, 3.8) is 0 Å². The van der Waals surface area contributed by atoms with Crippen LogP contribution in [0.5, 0.6) is 11.5 Å². The van der Waals surface area contributed by atoms with Crippen molar-refractivity contribution in [3.8, 4) is 11.5 Å². The van der Waals surface area contributed by atoms with Gasteiger partial charge in [0.05, 0.1) is 55.3 Å². The van der Waals surface area contributed by atoms with Crippen molar-refractivity contribution in [2.24, 2.45) is 0 Å². The summed E-state index contributed by atoms with van der Waals surface area (Å²) in [5.74, 6) is 0.548. The number of thiophene rings is 1. The lowest BCUT2D eigenvalue weighted by Crippen LogP contribution is -2.36. The molecule has 3 aromatic carbocycles. The number of thioether (sulfide) groups is 1. The molecule has 0 atom stereocenters. The van der Waals surface area contributed by atoms with E-state index in [0.29, 0.717) is 19.5 Å². The van der Waals surface area contributed by atoms with Gasteiger partial charge in [-0.05, 0) is 48.1 Å². The summed E-state index contributed by atoms with van der Waals surface area (Å²) >= 11 is 4.69. The Hall–Kier alpha value is -3.18. The number of nitrogens with zero attached hydrogens (tertiary/aromatic N) is 2. The van der Waals surface area contributed by atoms with Gasteiger partial charge in [-0.15, -0.1) is 11.3 Å². The van der Waals surface area contributed by atoms with Gasteiger partial charge in [0.2, 0.25) is 5.52 Å². The molecular formula is C33H33N2O8S5-. The molecule has 0 N–H and O–H groups in total. The average Bonchev–Trinajstić information content (AvgIpc) is 3.74. The van der Waals surface area contributed by atoms with E-state index in [9.17, 15) is 25.9 Å². The van der Waals surface area contributed by atoms with Crippen molar-refractivity contribution in [3.05, 3.63) is 69.5 Å². The predicted octanol–water partition coefficient (Wildman–Crippen LogP) is 6.69. The third kappa shape index (κ3) is 7.22. The van der Waals surface area contributed by atoms with Crippen molar-refractivity contribution < 1.29 is 40.0 Å². The molecule has 3 heterocycles. The van der Waals surface area contributed by atoms with E-state index in [1.807, 2.05) is 54.8 Å². The van der Waals surface area contributed by atoms with Crippen LogP contribution in [0.15, 0.2) is 69.4 Å². The van der Waals surface area contributed by atoms with Crippen LogP contribution < -0.4 is 18.9 Å². The van der Waals surface area contributed by atoms with Gasteiger partial charge in [0, 0.05) is 52.3 Å². The minimum absolute atomic E-state index is 0.159. The molecular weight excluding hydrogens is 713 g/mol. The van der Waals surface area contributed by atoms with Crippen LogP contribution in [-0.4, -0.2) is 58.2 Å². The van der Waals surface area contributed by atoms with E-state index in [0.717, 1.165) is 68.8 Å². The largest absolute Gasteiger partial charge is 0.748 e. The Labute approximate surface area is 291 Å². The lowest BCUT2D eigenvalue weighted by molar-refractivity contribution is -0.667. The van der Waals surface area contributed by atoms with Gasteiger partial charge in [-0.3, -0.25) is 0 Å². The van der Waals surface area contributed by atoms with Crippen LogP contribution in [0.2, 0.25) is 0 Å². The van der Waals surface area contributed by atoms with E-state index in [2.05, 4.69) is 21.6 Å². The van der Waals surface area contributed by atoms with E-state index in [1.54, 1.807) is 48.7 Å². The number of thiazole rings is 1. The summed E-state index contributed by atoms with van der Waals surface area (Å²) in [5.41, 5.74) is 2.88. The lowest BCUT2D eigenvalue weighted by atomic mass is 10.1. The summed E-state index contributed by atoms with van der Waals surface area (Å²) in [6, 6.07) is 13.9. The zero-order chi connectivity index (χ0) is 34.2. The molecule has 0 saturated heterocycles. The van der Waals surface area contributed by atoms with Gasteiger partial charge >= 0.3 is 0 Å². The smallest absolute Gasteiger partial charge is 0.263 e. The minimum Gasteiger partial charge on any atom is -0.748 e. The zero-order valence-corrected chi connectivity index (χ0v) is 30.5. The topological polar surface area (TPSA) is 140 Å². The molecule has 0 aliphatic carbocycles. The van der Waals surface area contributed by atoms with Gasteiger partial charge in [0.1, 0.15) is 16.2 Å². The van der Waals surface area contributed by atoms with Crippen LogP contribution in [0.25, 0.3) is 37.2 Å². The number of anilines is 1. The van der Waals surface area contributed by atoms with Gasteiger partial charge in [-0.1, -0.05) is 48.2 Å². The molecule has 5 aromatic rings. The fourth-order valence-electron chi connectivity index (χ4n) is 5.97. The highest BCUT2D eigenvalue weighted by molar-refractivity contribution is 8.03. The van der Waals surface area contributed by atoms with Crippen LogP contribution in [0, 0.1) is 0 Å². The first-order chi connectivity index (χ1) is 22.9. The van der Waals surface area contributed by atoms with Crippen LogP contribution in [-0.2, 0) is 26.8 Å². The molecule has 15 heteroatoms. The number of methoxy groups -OCH3 is 2. The highest BCUT2D eigenvalue weighted by Gasteiger charge is 2.30. The Morgan fingerprint density at radius 2 is 1.62 bits per heavy atom. The third-order valence-corrected chi connectivity index (χ3v) is 12.8. The molecule has 2 aromatic heterocycles. The molecule has 0 saturated carbocycles. The monoisotopic (exact) mass is 745 g/mol. The molecule has 0 spiro atoms. The van der Waals surface area contributed by atoms with Gasteiger partial charge in [-0.2, -0.15) is 4.57 Å². The van der Waals surface area contributed by atoms with E-state index >= 15 is 0 Å². The molecule has 0 unspecified atom stereocenters. The first kappa shape index (κ1) is 34.7. The summed E-state index contributed by atoms with van der Waals surface area (Å²) in [6.45, 7) is 2.70. The SMILES string of the molecule is CCC(=Cc1sc2cc(OC)c3ccccc3c2[n+]1CCCS(=O)(=O)[O-])C=C1Sc2cc(OC)c3ccsc3c2N1CCCS(=O)(=O)[O-]. The number of fused-ring (bicyclic) bond motifs is 6. The molecule has 254 valence electrons. The van der Waals surface area contributed by atoms with Crippen molar-refractivity contribution in [2.45, 2.75) is 37.6 Å². The molecule has 0 bridgehead atoms. The summed E-state index contributed by atoms with van der Waals surface area (Å²) in [6.07, 6.45) is 5.15. The highest BCUT2D eigenvalue weighted by Crippen LogP contribution is 2.53. The highest BCUT2D eigenvalue weighted by atomic mass is 32.2. The minimum atomic E-state index is -4.38. The molecule has 6 rings (SSSR count). The van der Waals surface area contributed by atoms with Crippen molar-refractivity contribution >= 4 is 97.5 Å². The first-order valence-corrected chi connectivity index (χ1v) is 20.8. The summed E-state index contributed by atoms with van der Waals surface area (Å²) < 4.78 is 84.5. The number of allylic oxidation sites excluding steroid dienone is 2. The fourth-order valence-corrected chi connectivity index (χ4v) is 10.4. The molecule has 48 heavy (non-hydrogen) atoms. The Balaban J connectivity index is 1.47. The molecule has 10 nitrogen and oxygen atoms in total. The number of hydrogen-bond acceptors (Lipinski definition) is 12. The first-order valence-electron chi connectivity index (χ1n) is 15.2. The molecule has 1 aliphatic rings. The number of aromatic nitrogens is 1. The van der Waals surface area contributed by atoms with Gasteiger partial charge < -0.3 is 23.5 Å². The Morgan fingerprint density at radius 1 is 0.938 bits per heavy atom. The molecule has 0 fully saturated rings. The van der Waals surface area contributed by atoms with Crippen LogP contribution in [0.3, 0.4) is 0 Å². The van der Waals surface area contributed by atoms with Gasteiger partial charge in [-0.25, -0.2) is 16.8 Å². The summed E-state index contributed by atoms with van der Waals surface area (Å²) in [5, 5.41) is 6.61. The Bertz CT molecular complexity index is 2310. The number of hydrogen-bond donors (Lipinski definition) is 0. The standard InChI is InChI=1S/C33H34N2O8S5/c1-4-21(18-30-35(13-8-16-48(39,40)41)32-28(46-30)20-26(43-3)24-11-14-44-33(24)32)17-29-34(12-7-15-47(36,37)38)31-23-10-6-5-9-22(23)25(42-2)19-27(31)45-29/h5-6,9-11,14,17-20H,4,7-8,12-13,15-16H2,1-3H3,(H-,36,37,38,39,40,41)/p-1. The van der Waals surface area contributed by atoms with Gasteiger partial charge in [0.15, 0.2) is 6.54 Å². The maximum atomic E-state index is 11.5. The number of rotatable bonds is 13. The second-order valence-electron chi connectivity index (χ2n) is 11.2. The number of benzene rings is 3. The second-order valence-corrected chi connectivity index (χ2v) is 17.3. The van der Waals surface area contributed by atoms with E-state index in [4.69, 9.17) is 9.47 Å². The molecule has 0 radical (unpaired) electrons. The average molecular weight is 746 g/mol. The molecule has 0 amide bonds. The fraction of sp³-hybridized carbons (Fsp3) is 0.303. The lowest BCUT2D eigenvalue weighted by Gasteiger charge is -2.22. The number of aryl methyl sites for hydroxylation is 1. The van der Waals surface area contributed by atoms with Crippen molar-refractivity contribution in [1.29, 1.82) is 0 Å². The van der Waals surface area contributed by atoms with Crippen LogP contribution >= 0.6 is 34.4 Å². The van der Waals surface area contributed by atoms with E-state index in [1.165, 1.54) is 0 Å². The van der Waals surface area contributed by atoms with Gasteiger partial charge in [0.25, 0.3) is 5.01 Å². The maximum absolute atomic E-state index is 11.5. The summed E-state index contributed by atoms with van der Waals surface area (Å²) in [7, 11) is -5.50. The predicted molar refractivity (Wildman–Crippen MR) is 192 cm³/mol. The number of ether oxygens (including phenoxy) is 2. The van der Waals surface area contributed by atoms with Crippen LogP contribution in [0.4, 0.5) is 5.69 Å².